The van der Waals surface area contributed by atoms with Crippen LogP contribution in [0.1, 0.15) is 5.56 Å². The van der Waals surface area contributed by atoms with E-state index in [1.165, 1.54) is 0 Å². The lowest BCUT2D eigenvalue weighted by atomic mass is 10.0. The largest absolute Gasteiger partial charge is 0.457 e. The van der Waals surface area contributed by atoms with Crippen molar-refractivity contribution in [2.75, 3.05) is 45.1 Å². The van der Waals surface area contributed by atoms with Crippen molar-refractivity contribution in [2.45, 2.75) is 0 Å². The van der Waals surface area contributed by atoms with E-state index in [1.807, 2.05) is 54.6 Å². The molecule has 7 nitrogen and oxygen atoms in total. The van der Waals surface area contributed by atoms with Gasteiger partial charge in [0.25, 0.3) is 0 Å². The minimum atomic E-state index is -0.126. The van der Waals surface area contributed by atoms with Gasteiger partial charge in [-0.3, -0.25) is 9.69 Å². The molecular formula is C28H28N4O3S. The van der Waals surface area contributed by atoms with Gasteiger partial charge >= 0.3 is 0 Å². The lowest BCUT2D eigenvalue weighted by Gasteiger charge is -2.26. The first-order valence-corrected chi connectivity index (χ1v) is 12.8. The number of hydrogen-bond acceptors (Lipinski definition) is 7. The fourth-order valence-electron chi connectivity index (χ4n) is 4.13. The molecule has 3 N–H and O–H groups in total. The average molecular weight is 501 g/mol. The van der Waals surface area contributed by atoms with Crippen LogP contribution in [0.2, 0.25) is 0 Å². The SMILES string of the molecule is Nc1ncc(/C=C/C(=O)NCCN2CCOCC2)c2scc(-c3ccc(Oc4ccccc4)cc3)c12. The molecule has 0 radical (unpaired) electrons. The van der Waals surface area contributed by atoms with Gasteiger partial charge in [0.1, 0.15) is 17.3 Å². The topological polar surface area (TPSA) is 89.7 Å². The van der Waals surface area contributed by atoms with Gasteiger partial charge in [0.2, 0.25) is 5.91 Å². The Bertz CT molecular complexity index is 1350. The second-order valence-electron chi connectivity index (χ2n) is 8.47. The van der Waals surface area contributed by atoms with E-state index >= 15 is 0 Å². The smallest absolute Gasteiger partial charge is 0.244 e. The summed E-state index contributed by atoms with van der Waals surface area (Å²) in [6.07, 6.45) is 5.07. The summed E-state index contributed by atoms with van der Waals surface area (Å²) in [5, 5.41) is 5.93. The number of hydrogen-bond donors (Lipinski definition) is 2. The van der Waals surface area contributed by atoms with E-state index < -0.39 is 0 Å². The number of benzene rings is 2. The first-order valence-electron chi connectivity index (χ1n) is 11.9. The molecule has 1 aliphatic heterocycles. The van der Waals surface area contributed by atoms with Crippen LogP contribution in [0.4, 0.5) is 5.82 Å². The maximum atomic E-state index is 12.4. The first-order chi connectivity index (χ1) is 17.7. The highest BCUT2D eigenvalue weighted by Crippen LogP contribution is 2.39. The molecule has 5 rings (SSSR count). The molecule has 4 aromatic rings. The van der Waals surface area contributed by atoms with Gasteiger partial charge in [0.05, 0.1) is 13.2 Å². The minimum absolute atomic E-state index is 0.126. The third-order valence-electron chi connectivity index (χ3n) is 6.04. The predicted octanol–water partition coefficient (Wildman–Crippen LogP) is 4.80. The fourth-order valence-corrected chi connectivity index (χ4v) is 5.21. The van der Waals surface area contributed by atoms with Crippen LogP contribution in [0, 0.1) is 0 Å². The predicted molar refractivity (Wildman–Crippen MR) is 145 cm³/mol. The van der Waals surface area contributed by atoms with Crippen LogP contribution < -0.4 is 15.8 Å². The number of carbonyl (C=O) groups excluding carboxylic acids is 1. The Morgan fingerprint density at radius 3 is 2.64 bits per heavy atom. The Kier molecular flexibility index (Phi) is 7.56. The fraction of sp³-hybridized carbons (Fsp3) is 0.214. The number of nitrogen functional groups attached to an aromatic ring is 1. The van der Waals surface area contributed by atoms with Crippen LogP contribution in [0.25, 0.3) is 27.3 Å². The van der Waals surface area contributed by atoms with E-state index in [4.69, 9.17) is 15.2 Å². The number of nitrogens with zero attached hydrogens (tertiary/aromatic N) is 2. The Morgan fingerprint density at radius 1 is 1.11 bits per heavy atom. The van der Waals surface area contributed by atoms with Crippen molar-refractivity contribution < 1.29 is 14.3 Å². The monoisotopic (exact) mass is 500 g/mol. The molecule has 3 heterocycles. The number of morpholine rings is 1. The first kappa shape index (κ1) is 24.0. The van der Waals surface area contributed by atoms with Gasteiger partial charge in [-0.2, -0.15) is 0 Å². The molecule has 36 heavy (non-hydrogen) atoms. The van der Waals surface area contributed by atoms with E-state index in [0.717, 1.165) is 71.1 Å². The highest BCUT2D eigenvalue weighted by Gasteiger charge is 2.14. The van der Waals surface area contributed by atoms with Crippen LogP contribution in [0.5, 0.6) is 11.5 Å². The Morgan fingerprint density at radius 2 is 1.86 bits per heavy atom. The van der Waals surface area contributed by atoms with E-state index in [1.54, 1.807) is 29.7 Å². The number of nitrogens with two attached hydrogens (primary N) is 1. The number of aromatic nitrogens is 1. The lowest BCUT2D eigenvalue weighted by molar-refractivity contribution is -0.116. The maximum Gasteiger partial charge on any atom is 0.244 e. The number of nitrogens with one attached hydrogen (secondary N) is 1. The van der Waals surface area contributed by atoms with Crippen molar-refractivity contribution in [1.29, 1.82) is 0 Å². The van der Waals surface area contributed by atoms with Gasteiger partial charge in [0.15, 0.2) is 0 Å². The number of ether oxygens (including phenoxy) is 2. The Balaban J connectivity index is 1.28. The normalized spacial score (nSPS) is 14.3. The summed E-state index contributed by atoms with van der Waals surface area (Å²) in [6.45, 7) is 4.74. The third kappa shape index (κ3) is 5.73. The molecule has 0 unspecified atom stereocenters. The number of rotatable bonds is 8. The number of carbonyl (C=O) groups is 1. The highest BCUT2D eigenvalue weighted by atomic mass is 32.1. The van der Waals surface area contributed by atoms with Crippen molar-refractivity contribution in [1.82, 2.24) is 15.2 Å². The zero-order valence-electron chi connectivity index (χ0n) is 19.9. The molecule has 0 aliphatic carbocycles. The van der Waals surface area contributed by atoms with Crippen LogP contribution in [-0.4, -0.2) is 55.2 Å². The second kappa shape index (κ2) is 11.3. The molecule has 2 aromatic heterocycles. The van der Waals surface area contributed by atoms with Crippen molar-refractivity contribution in [3.63, 3.8) is 0 Å². The Labute approximate surface area is 214 Å². The van der Waals surface area contributed by atoms with E-state index in [0.29, 0.717) is 12.4 Å². The molecule has 8 heteroatoms. The Hall–Kier alpha value is -3.72. The van der Waals surface area contributed by atoms with Gasteiger partial charge in [-0.15, -0.1) is 11.3 Å². The molecule has 2 aromatic carbocycles. The summed E-state index contributed by atoms with van der Waals surface area (Å²) >= 11 is 1.59. The molecule has 1 amide bonds. The van der Waals surface area contributed by atoms with Gasteiger partial charge in [-0.05, 0) is 41.3 Å². The number of fused-ring (bicyclic) bond motifs is 1. The molecule has 0 spiro atoms. The van der Waals surface area contributed by atoms with Gasteiger partial charge in [0, 0.05) is 59.7 Å². The summed E-state index contributed by atoms with van der Waals surface area (Å²) in [7, 11) is 0. The molecule has 0 saturated carbocycles. The second-order valence-corrected chi connectivity index (χ2v) is 9.35. The molecule has 0 atom stereocenters. The van der Waals surface area contributed by atoms with Crippen molar-refractivity contribution in [2.24, 2.45) is 0 Å². The van der Waals surface area contributed by atoms with Gasteiger partial charge in [-0.25, -0.2) is 4.98 Å². The lowest BCUT2D eigenvalue weighted by Crippen LogP contribution is -2.41. The highest BCUT2D eigenvalue weighted by molar-refractivity contribution is 7.18. The summed E-state index contributed by atoms with van der Waals surface area (Å²) in [5.41, 5.74) is 9.19. The summed E-state index contributed by atoms with van der Waals surface area (Å²) in [4.78, 5) is 19.0. The molecule has 0 bridgehead atoms. The minimum Gasteiger partial charge on any atom is -0.457 e. The molecule has 1 saturated heterocycles. The number of amides is 1. The number of para-hydroxylation sites is 1. The quantitative estimate of drug-likeness (QED) is 0.338. The summed E-state index contributed by atoms with van der Waals surface area (Å²) < 4.78 is 12.3. The van der Waals surface area contributed by atoms with Crippen LogP contribution >= 0.6 is 11.3 Å². The van der Waals surface area contributed by atoms with Crippen molar-refractivity contribution >= 4 is 39.2 Å². The molecule has 1 fully saturated rings. The zero-order chi connectivity index (χ0) is 24.7. The van der Waals surface area contributed by atoms with Crippen LogP contribution in [0.15, 0.2) is 72.3 Å². The molecule has 1 aliphatic rings. The number of pyridine rings is 1. The number of thiophene rings is 1. The molecule has 184 valence electrons. The van der Waals surface area contributed by atoms with Gasteiger partial charge < -0.3 is 20.5 Å². The zero-order valence-corrected chi connectivity index (χ0v) is 20.7. The van der Waals surface area contributed by atoms with Crippen LogP contribution in [0.3, 0.4) is 0 Å². The third-order valence-corrected chi connectivity index (χ3v) is 7.07. The van der Waals surface area contributed by atoms with Gasteiger partial charge in [-0.1, -0.05) is 30.3 Å². The number of anilines is 1. The summed E-state index contributed by atoms with van der Waals surface area (Å²) in [6, 6.07) is 17.6. The van der Waals surface area contributed by atoms with E-state index in [2.05, 4.69) is 20.6 Å². The van der Waals surface area contributed by atoms with E-state index in [9.17, 15) is 4.79 Å². The summed E-state index contributed by atoms with van der Waals surface area (Å²) in [5.74, 6) is 1.90. The standard InChI is InChI=1S/C28H28N4O3S/c29-28-26-24(20-6-9-23(10-7-20)35-22-4-2-1-3-5-22)19-36-27(26)21(18-31-28)8-11-25(33)30-12-13-32-14-16-34-17-15-32/h1-11,18-19H,12-17H2,(H2,29,31)(H,30,33)/b11-8+. The van der Waals surface area contributed by atoms with Crippen molar-refractivity contribution in [3.8, 4) is 22.6 Å². The van der Waals surface area contributed by atoms with Crippen molar-refractivity contribution in [3.05, 3.63) is 77.8 Å². The van der Waals surface area contributed by atoms with E-state index in [-0.39, 0.29) is 5.91 Å². The van der Waals surface area contributed by atoms with Crippen LogP contribution in [-0.2, 0) is 9.53 Å². The maximum absolute atomic E-state index is 12.4. The average Bonchev–Trinajstić information content (AvgIpc) is 3.36. The molecular weight excluding hydrogens is 472 g/mol.